The molecule has 1 saturated heterocycles. The zero-order chi connectivity index (χ0) is 18.1. The maximum absolute atomic E-state index is 14.0. The van der Waals surface area contributed by atoms with E-state index in [0.29, 0.717) is 44.5 Å². The van der Waals surface area contributed by atoms with Gasteiger partial charge in [0.1, 0.15) is 5.82 Å². The van der Waals surface area contributed by atoms with E-state index in [1.54, 1.807) is 12.1 Å². The summed E-state index contributed by atoms with van der Waals surface area (Å²) in [6, 6.07) is 15.5. The van der Waals surface area contributed by atoms with Crippen molar-refractivity contribution >= 4 is 17.3 Å². The van der Waals surface area contributed by atoms with E-state index in [1.807, 2.05) is 21.9 Å². The fourth-order valence-electron chi connectivity index (χ4n) is 4.02. The fourth-order valence-corrected chi connectivity index (χ4v) is 4.02. The van der Waals surface area contributed by atoms with Gasteiger partial charge in [-0.1, -0.05) is 30.3 Å². The number of amides is 1. The van der Waals surface area contributed by atoms with Gasteiger partial charge in [-0.15, -0.1) is 0 Å². The van der Waals surface area contributed by atoms with E-state index in [9.17, 15) is 9.18 Å². The number of anilines is 2. The highest BCUT2D eigenvalue weighted by molar-refractivity contribution is 5.83. The third-order valence-electron chi connectivity index (χ3n) is 5.48. The Morgan fingerprint density at radius 3 is 2.38 bits per heavy atom. The molecule has 2 aromatic carbocycles. The smallest absolute Gasteiger partial charge is 0.242 e. The zero-order valence-corrected chi connectivity index (χ0v) is 15.1. The highest BCUT2D eigenvalue weighted by Gasteiger charge is 2.30. The molecular weight excluding hydrogens is 329 g/mol. The van der Waals surface area contributed by atoms with Gasteiger partial charge in [0.05, 0.1) is 12.2 Å². The van der Waals surface area contributed by atoms with Crippen molar-refractivity contribution in [3.05, 3.63) is 59.9 Å². The predicted molar refractivity (Wildman–Crippen MR) is 102 cm³/mol. The van der Waals surface area contributed by atoms with E-state index in [2.05, 4.69) is 30.0 Å². The normalized spacial score (nSPS) is 19.6. The highest BCUT2D eigenvalue weighted by Crippen LogP contribution is 2.31. The molecule has 4 nitrogen and oxygen atoms in total. The summed E-state index contributed by atoms with van der Waals surface area (Å²) < 4.78 is 14.0. The molecular formula is C21H24FN3O. The summed E-state index contributed by atoms with van der Waals surface area (Å²) in [5.41, 5.74) is 3.12. The van der Waals surface area contributed by atoms with Crippen molar-refractivity contribution in [3.63, 3.8) is 0 Å². The van der Waals surface area contributed by atoms with Crippen LogP contribution in [-0.2, 0) is 11.2 Å². The molecule has 1 atom stereocenters. The lowest BCUT2D eigenvalue weighted by atomic mass is 10.1. The summed E-state index contributed by atoms with van der Waals surface area (Å²) in [5.74, 6) is -0.0449. The number of halogens is 1. The summed E-state index contributed by atoms with van der Waals surface area (Å²) in [4.78, 5) is 18.9. The number of benzene rings is 2. The number of carbonyl (C=O) groups is 1. The topological polar surface area (TPSA) is 26.8 Å². The predicted octanol–water partition coefficient (Wildman–Crippen LogP) is 2.93. The van der Waals surface area contributed by atoms with Gasteiger partial charge in [0.25, 0.3) is 0 Å². The Labute approximate surface area is 153 Å². The Kier molecular flexibility index (Phi) is 4.53. The lowest BCUT2D eigenvalue weighted by Gasteiger charge is -2.37. The molecule has 0 unspecified atom stereocenters. The van der Waals surface area contributed by atoms with E-state index in [4.69, 9.17) is 0 Å². The molecule has 0 bridgehead atoms. The number of fused-ring (bicyclic) bond motifs is 1. The quantitative estimate of drug-likeness (QED) is 0.849. The first-order valence-electron chi connectivity index (χ1n) is 9.25. The average Bonchev–Trinajstić information content (AvgIpc) is 2.98. The molecule has 0 aromatic heterocycles. The molecule has 2 aliphatic heterocycles. The lowest BCUT2D eigenvalue weighted by Crippen LogP contribution is -2.52. The third-order valence-corrected chi connectivity index (χ3v) is 5.48. The van der Waals surface area contributed by atoms with E-state index >= 15 is 0 Å². The Balaban J connectivity index is 1.38. The van der Waals surface area contributed by atoms with Crippen LogP contribution in [0.3, 0.4) is 0 Å². The summed E-state index contributed by atoms with van der Waals surface area (Å²) in [6.07, 6.45) is 0.991. The second-order valence-electron chi connectivity index (χ2n) is 7.13. The van der Waals surface area contributed by atoms with Gasteiger partial charge >= 0.3 is 0 Å². The van der Waals surface area contributed by atoms with Crippen molar-refractivity contribution in [2.24, 2.45) is 0 Å². The van der Waals surface area contributed by atoms with E-state index in [1.165, 1.54) is 17.3 Å². The molecule has 2 heterocycles. The minimum atomic E-state index is -0.199. The Bertz CT molecular complexity index is 801. The number of nitrogens with zero attached hydrogens (tertiary/aromatic N) is 3. The van der Waals surface area contributed by atoms with Gasteiger partial charge in [-0.05, 0) is 37.1 Å². The van der Waals surface area contributed by atoms with Crippen LogP contribution in [0.1, 0.15) is 12.5 Å². The van der Waals surface area contributed by atoms with Crippen molar-refractivity contribution in [3.8, 4) is 0 Å². The maximum Gasteiger partial charge on any atom is 0.242 e. The second-order valence-corrected chi connectivity index (χ2v) is 7.13. The molecule has 0 aliphatic carbocycles. The number of para-hydroxylation sites is 2. The Hall–Kier alpha value is -2.56. The summed E-state index contributed by atoms with van der Waals surface area (Å²) >= 11 is 0. The van der Waals surface area contributed by atoms with Crippen LogP contribution in [0, 0.1) is 5.82 Å². The Morgan fingerprint density at radius 2 is 1.65 bits per heavy atom. The first-order valence-corrected chi connectivity index (χ1v) is 9.25. The van der Waals surface area contributed by atoms with Crippen LogP contribution < -0.4 is 9.80 Å². The molecule has 26 heavy (non-hydrogen) atoms. The van der Waals surface area contributed by atoms with Crippen molar-refractivity contribution in [1.29, 1.82) is 0 Å². The third kappa shape index (κ3) is 3.14. The SMILES string of the molecule is C[C@@H]1Cc2ccccc2N1CC(=O)N1CCN(c2ccccc2F)CC1. The molecule has 0 spiro atoms. The molecule has 1 amide bonds. The number of hydrogen-bond acceptors (Lipinski definition) is 3. The van der Waals surface area contributed by atoms with Crippen LogP contribution in [0.15, 0.2) is 48.5 Å². The monoisotopic (exact) mass is 353 g/mol. The van der Waals surface area contributed by atoms with Gasteiger partial charge in [0.15, 0.2) is 0 Å². The largest absolute Gasteiger partial charge is 0.366 e. The van der Waals surface area contributed by atoms with E-state index in [0.717, 1.165) is 6.42 Å². The van der Waals surface area contributed by atoms with Crippen LogP contribution in [0.4, 0.5) is 15.8 Å². The van der Waals surface area contributed by atoms with Gasteiger partial charge in [-0.25, -0.2) is 4.39 Å². The number of carbonyl (C=O) groups excluding carboxylic acids is 1. The first-order chi connectivity index (χ1) is 12.6. The first kappa shape index (κ1) is 16.9. The molecule has 1 fully saturated rings. The highest BCUT2D eigenvalue weighted by atomic mass is 19.1. The van der Waals surface area contributed by atoms with Gasteiger partial charge in [0, 0.05) is 37.9 Å². The van der Waals surface area contributed by atoms with Gasteiger partial charge in [-0.2, -0.15) is 0 Å². The van der Waals surface area contributed by atoms with Crippen LogP contribution in [-0.4, -0.2) is 49.6 Å². The molecule has 2 aromatic rings. The number of rotatable bonds is 3. The molecule has 0 radical (unpaired) electrons. The van der Waals surface area contributed by atoms with Crippen molar-refractivity contribution < 1.29 is 9.18 Å². The average molecular weight is 353 g/mol. The van der Waals surface area contributed by atoms with Crippen LogP contribution in [0.25, 0.3) is 0 Å². The molecule has 4 rings (SSSR count). The molecule has 0 N–H and O–H groups in total. The Morgan fingerprint density at radius 1 is 1.00 bits per heavy atom. The van der Waals surface area contributed by atoms with Crippen LogP contribution >= 0.6 is 0 Å². The number of piperazine rings is 1. The number of hydrogen-bond donors (Lipinski definition) is 0. The van der Waals surface area contributed by atoms with E-state index < -0.39 is 0 Å². The van der Waals surface area contributed by atoms with Crippen molar-refractivity contribution in [2.45, 2.75) is 19.4 Å². The van der Waals surface area contributed by atoms with Gasteiger partial charge in [-0.3, -0.25) is 4.79 Å². The van der Waals surface area contributed by atoms with Crippen LogP contribution in [0.5, 0.6) is 0 Å². The second kappa shape index (κ2) is 6.98. The standard InChI is InChI=1S/C21H24FN3O/c1-16-14-17-6-2-4-8-19(17)25(16)15-21(26)24-12-10-23(11-13-24)20-9-5-3-7-18(20)22/h2-9,16H,10-15H2,1H3/t16-/m1/s1. The molecule has 136 valence electrons. The molecule has 2 aliphatic rings. The summed E-state index contributed by atoms with van der Waals surface area (Å²) in [5, 5.41) is 0. The van der Waals surface area contributed by atoms with E-state index in [-0.39, 0.29) is 11.7 Å². The van der Waals surface area contributed by atoms with Crippen LogP contribution in [0.2, 0.25) is 0 Å². The maximum atomic E-state index is 14.0. The zero-order valence-electron chi connectivity index (χ0n) is 15.1. The minimum Gasteiger partial charge on any atom is -0.366 e. The lowest BCUT2D eigenvalue weighted by molar-refractivity contribution is -0.130. The van der Waals surface area contributed by atoms with Gasteiger partial charge < -0.3 is 14.7 Å². The fraction of sp³-hybridized carbons (Fsp3) is 0.381. The molecule has 5 heteroatoms. The van der Waals surface area contributed by atoms with Crippen molar-refractivity contribution in [1.82, 2.24) is 4.90 Å². The summed E-state index contributed by atoms with van der Waals surface area (Å²) in [6.45, 7) is 5.19. The molecule has 0 saturated carbocycles. The van der Waals surface area contributed by atoms with Gasteiger partial charge in [0.2, 0.25) is 5.91 Å². The van der Waals surface area contributed by atoms with Crippen molar-refractivity contribution in [2.75, 3.05) is 42.5 Å². The summed E-state index contributed by atoms with van der Waals surface area (Å²) in [7, 11) is 0. The minimum absolute atomic E-state index is 0.154.